The van der Waals surface area contributed by atoms with E-state index in [0.29, 0.717) is 12.3 Å². The van der Waals surface area contributed by atoms with Crippen LogP contribution in [0.1, 0.15) is 27.2 Å². The molecule has 2 N–H and O–H groups in total. The van der Waals surface area contributed by atoms with Crippen molar-refractivity contribution in [2.24, 2.45) is 11.7 Å². The highest BCUT2D eigenvalue weighted by Gasteiger charge is 2.21. The number of nitrogens with two attached hydrogens (primary N) is 1. The second-order valence-electron chi connectivity index (χ2n) is 3.00. The monoisotopic (exact) mass is 126 g/mol. The van der Waals surface area contributed by atoms with Gasteiger partial charge in [-0.3, -0.25) is 0 Å². The van der Waals surface area contributed by atoms with Gasteiger partial charge in [-0.25, -0.2) is 0 Å². The highest BCUT2D eigenvalue weighted by Crippen LogP contribution is 2.15. The standard InChI is InChI=1S/C7H14N2/c1-6(2)7(3,9)4-5-8/h6H,4,9H2,1-3H3. The van der Waals surface area contributed by atoms with Crippen LogP contribution in [0.5, 0.6) is 0 Å². The number of rotatable bonds is 2. The van der Waals surface area contributed by atoms with Crippen LogP contribution in [-0.2, 0) is 0 Å². The molecule has 1 unspecified atom stereocenters. The number of hydrogen-bond acceptors (Lipinski definition) is 2. The average Bonchev–Trinajstić information content (AvgIpc) is 1.65. The van der Waals surface area contributed by atoms with E-state index in [-0.39, 0.29) is 5.54 Å². The Balaban J connectivity index is 3.89. The van der Waals surface area contributed by atoms with Gasteiger partial charge in [0.2, 0.25) is 0 Å². The van der Waals surface area contributed by atoms with Gasteiger partial charge in [0, 0.05) is 5.54 Å². The summed E-state index contributed by atoms with van der Waals surface area (Å²) in [5, 5.41) is 8.32. The maximum atomic E-state index is 8.32. The largest absolute Gasteiger partial charge is 0.324 e. The van der Waals surface area contributed by atoms with Crippen LogP contribution in [0.2, 0.25) is 0 Å². The predicted molar refractivity (Wildman–Crippen MR) is 37.7 cm³/mol. The Labute approximate surface area is 56.7 Å². The van der Waals surface area contributed by atoms with E-state index < -0.39 is 0 Å². The molecule has 2 heteroatoms. The van der Waals surface area contributed by atoms with Crippen molar-refractivity contribution in [2.75, 3.05) is 0 Å². The smallest absolute Gasteiger partial charge is 0.0641 e. The molecule has 0 saturated carbocycles. The van der Waals surface area contributed by atoms with Gasteiger partial charge in [-0.05, 0) is 12.8 Å². The first-order chi connectivity index (χ1) is 4.00. The van der Waals surface area contributed by atoms with Crippen molar-refractivity contribution in [1.82, 2.24) is 0 Å². The summed E-state index contributed by atoms with van der Waals surface area (Å²) >= 11 is 0. The zero-order chi connectivity index (χ0) is 7.49. The topological polar surface area (TPSA) is 49.8 Å². The molecule has 0 saturated heterocycles. The maximum Gasteiger partial charge on any atom is 0.0641 e. The molecule has 0 aliphatic heterocycles. The van der Waals surface area contributed by atoms with Crippen LogP contribution in [0.25, 0.3) is 0 Å². The summed E-state index contributed by atoms with van der Waals surface area (Å²) in [5.74, 6) is 0.372. The molecule has 9 heavy (non-hydrogen) atoms. The molecule has 0 heterocycles. The SMILES string of the molecule is CC(C)C(C)(N)CC#N. The Kier molecular flexibility index (Phi) is 2.66. The quantitative estimate of drug-likeness (QED) is 0.605. The first-order valence-electron chi connectivity index (χ1n) is 3.16. The fraction of sp³-hybridized carbons (Fsp3) is 0.857. The minimum atomic E-state index is -0.311. The van der Waals surface area contributed by atoms with Crippen molar-refractivity contribution in [3.63, 3.8) is 0 Å². The first-order valence-corrected chi connectivity index (χ1v) is 3.16. The zero-order valence-electron chi connectivity index (χ0n) is 6.31. The third kappa shape index (κ3) is 2.48. The Hall–Kier alpha value is -0.550. The predicted octanol–water partition coefficient (Wildman–Crippen LogP) is 1.27. The van der Waals surface area contributed by atoms with Crippen LogP contribution in [0, 0.1) is 17.2 Å². The van der Waals surface area contributed by atoms with E-state index in [0.717, 1.165) is 0 Å². The molecule has 1 atom stereocenters. The van der Waals surface area contributed by atoms with E-state index in [4.69, 9.17) is 11.0 Å². The van der Waals surface area contributed by atoms with Gasteiger partial charge in [0.25, 0.3) is 0 Å². The van der Waals surface area contributed by atoms with Crippen molar-refractivity contribution in [3.8, 4) is 6.07 Å². The van der Waals surface area contributed by atoms with E-state index in [1.54, 1.807) is 0 Å². The van der Waals surface area contributed by atoms with Crippen LogP contribution in [-0.4, -0.2) is 5.54 Å². The molecule has 0 spiro atoms. The van der Waals surface area contributed by atoms with Crippen LogP contribution in [0.3, 0.4) is 0 Å². The van der Waals surface area contributed by atoms with Crippen LogP contribution < -0.4 is 5.73 Å². The molecule has 0 amide bonds. The van der Waals surface area contributed by atoms with Gasteiger partial charge in [0.05, 0.1) is 12.5 Å². The normalized spacial score (nSPS) is 16.9. The summed E-state index contributed by atoms with van der Waals surface area (Å²) in [4.78, 5) is 0. The van der Waals surface area contributed by atoms with Gasteiger partial charge in [0.15, 0.2) is 0 Å². The van der Waals surface area contributed by atoms with Gasteiger partial charge in [-0.2, -0.15) is 5.26 Å². The maximum absolute atomic E-state index is 8.32. The molecule has 52 valence electrons. The summed E-state index contributed by atoms with van der Waals surface area (Å²) in [6.07, 6.45) is 0.435. The van der Waals surface area contributed by atoms with E-state index in [9.17, 15) is 0 Å². The fourth-order valence-electron chi connectivity index (χ4n) is 0.374. The molecule has 2 nitrogen and oxygen atoms in total. The lowest BCUT2D eigenvalue weighted by molar-refractivity contribution is 0.347. The van der Waals surface area contributed by atoms with Crippen molar-refractivity contribution in [3.05, 3.63) is 0 Å². The van der Waals surface area contributed by atoms with Gasteiger partial charge in [-0.1, -0.05) is 13.8 Å². The van der Waals surface area contributed by atoms with E-state index in [1.807, 2.05) is 20.8 Å². The second kappa shape index (κ2) is 2.84. The number of nitrogens with zero attached hydrogens (tertiary/aromatic N) is 1. The molecule has 0 aromatic carbocycles. The van der Waals surface area contributed by atoms with E-state index in [1.165, 1.54) is 0 Å². The Morgan fingerprint density at radius 2 is 2.11 bits per heavy atom. The molecule has 0 aliphatic carbocycles. The molecule has 0 aliphatic rings. The Morgan fingerprint density at radius 3 is 2.22 bits per heavy atom. The second-order valence-corrected chi connectivity index (χ2v) is 3.00. The van der Waals surface area contributed by atoms with Gasteiger partial charge >= 0.3 is 0 Å². The fourth-order valence-corrected chi connectivity index (χ4v) is 0.374. The van der Waals surface area contributed by atoms with E-state index >= 15 is 0 Å². The number of nitriles is 1. The Bertz CT molecular complexity index is 119. The van der Waals surface area contributed by atoms with Crippen molar-refractivity contribution >= 4 is 0 Å². The summed E-state index contributed by atoms with van der Waals surface area (Å²) in [6.45, 7) is 5.95. The highest BCUT2D eigenvalue weighted by molar-refractivity contribution is 4.91. The lowest BCUT2D eigenvalue weighted by Crippen LogP contribution is -2.41. The molecule has 0 bridgehead atoms. The number of hydrogen-bond donors (Lipinski definition) is 1. The van der Waals surface area contributed by atoms with Crippen LogP contribution >= 0.6 is 0 Å². The highest BCUT2D eigenvalue weighted by atomic mass is 14.7. The molecular weight excluding hydrogens is 112 g/mol. The molecule has 0 aromatic heterocycles. The summed E-state index contributed by atoms with van der Waals surface area (Å²) in [7, 11) is 0. The summed E-state index contributed by atoms with van der Waals surface area (Å²) < 4.78 is 0. The first kappa shape index (κ1) is 8.45. The summed E-state index contributed by atoms with van der Waals surface area (Å²) in [5.41, 5.74) is 5.44. The van der Waals surface area contributed by atoms with Crippen LogP contribution in [0.4, 0.5) is 0 Å². The summed E-state index contributed by atoms with van der Waals surface area (Å²) in [6, 6.07) is 2.06. The molecule has 0 rings (SSSR count). The minimum absolute atomic E-state index is 0.311. The third-order valence-corrected chi connectivity index (χ3v) is 1.78. The third-order valence-electron chi connectivity index (χ3n) is 1.78. The van der Waals surface area contributed by atoms with Crippen molar-refractivity contribution in [2.45, 2.75) is 32.7 Å². The molecule has 0 radical (unpaired) electrons. The Morgan fingerprint density at radius 1 is 1.67 bits per heavy atom. The van der Waals surface area contributed by atoms with Gasteiger partial charge in [-0.15, -0.1) is 0 Å². The van der Waals surface area contributed by atoms with Crippen molar-refractivity contribution in [1.29, 1.82) is 5.26 Å². The lowest BCUT2D eigenvalue weighted by atomic mass is 9.87. The zero-order valence-corrected chi connectivity index (χ0v) is 6.31. The van der Waals surface area contributed by atoms with Crippen LogP contribution in [0.15, 0.2) is 0 Å². The van der Waals surface area contributed by atoms with E-state index in [2.05, 4.69) is 6.07 Å². The van der Waals surface area contributed by atoms with Gasteiger partial charge in [0.1, 0.15) is 0 Å². The van der Waals surface area contributed by atoms with Crippen molar-refractivity contribution < 1.29 is 0 Å². The molecular formula is C7H14N2. The lowest BCUT2D eigenvalue weighted by Gasteiger charge is -2.25. The molecule has 0 fully saturated rings. The minimum Gasteiger partial charge on any atom is -0.324 e. The van der Waals surface area contributed by atoms with Gasteiger partial charge < -0.3 is 5.73 Å². The molecule has 0 aromatic rings. The average molecular weight is 126 g/mol.